The Hall–Kier alpha value is -2.93. The Morgan fingerprint density at radius 3 is 2.47 bits per heavy atom. The van der Waals surface area contributed by atoms with Gasteiger partial charge in [0.2, 0.25) is 0 Å². The second-order valence-corrected chi connectivity index (χ2v) is 3.88. The number of nitro benzene ring substituents is 1. The van der Waals surface area contributed by atoms with Crippen molar-refractivity contribution in [1.82, 2.24) is 0 Å². The predicted molar refractivity (Wildman–Crippen MR) is 73.2 cm³/mol. The lowest BCUT2D eigenvalue weighted by Gasteiger charge is -1.98. The molecular formula is C15H10N2O2. The molecule has 2 rings (SSSR count). The van der Waals surface area contributed by atoms with Crippen molar-refractivity contribution in [3.63, 3.8) is 0 Å². The Bertz CT molecular complexity index is 670. The van der Waals surface area contributed by atoms with Crippen molar-refractivity contribution >= 4 is 17.8 Å². The van der Waals surface area contributed by atoms with Gasteiger partial charge in [-0.05, 0) is 17.2 Å². The monoisotopic (exact) mass is 250 g/mol. The minimum absolute atomic E-state index is 0.0755. The SMILES string of the molecule is N#Cc1cc([N+](=O)[O-])ccc1C=Cc1ccccc1. The van der Waals surface area contributed by atoms with E-state index in [1.807, 2.05) is 42.5 Å². The summed E-state index contributed by atoms with van der Waals surface area (Å²) >= 11 is 0. The molecule has 0 heterocycles. The Morgan fingerprint density at radius 1 is 1.11 bits per heavy atom. The quantitative estimate of drug-likeness (QED) is 0.474. The molecule has 0 atom stereocenters. The Morgan fingerprint density at radius 2 is 1.84 bits per heavy atom. The fourth-order valence-electron chi connectivity index (χ4n) is 1.65. The van der Waals surface area contributed by atoms with E-state index < -0.39 is 4.92 Å². The van der Waals surface area contributed by atoms with Crippen LogP contribution in [0.1, 0.15) is 16.7 Å². The predicted octanol–water partition coefficient (Wildman–Crippen LogP) is 3.64. The van der Waals surface area contributed by atoms with Crippen molar-refractivity contribution in [2.24, 2.45) is 0 Å². The molecule has 2 aromatic carbocycles. The molecule has 0 radical (unpaired) electrons. The summed E-state index contributed by atoms with van der Waals surface area (Å²) in [5, 5.41) is 19.7. The van der Waals surface area contributed by atoms with E-state index in [0.717, 1.165) is 5.56 Å². The number of nitro groups is 1. The van der Waals surface area contributed by atoms with Gasteiger partial charge in [0.05, 0.1) is 10.5 Å². The molecule has 0 bridgehead atoms. The average molecular weight is 250 g/mol. The summed E-state index contributed by atoms with van der Waals surface area (Å²) in [6, 6.07) is 15.9. The van der Waals surface area contributed by atoms with Crippen molar-refractivity contribution in [1.29, 1.82) is 5.26 Å². The third-order valence-electron chi connectivity index (χ3n) is 2.62. The topological polar surface area (TPSA) is 66.9 Å². The third kappa shape index (κ3) is 3.05. The molecule has 0 aliphatic heterocycles. The second-order valence-electron chi connectivity index (χ2n) is 3.88. The van der Waals surface area contributed by atoms with E-state index >= 15 is 0 Å². The molecule has 4 heteroatoms. The molecule has 2 aromatic rings. The van der Waals surface area contributed by atoms with Crippen LogP contribution in [0.4, 0.5) is 5.69 Å². The van der Waals surface area contributed by atoms with Gasteiger partial charge in [-0.3, -0.25) is 10.1 Å². The molecule has 0 N–H and O–H groups in total. The number of nitriles is 1. The fraction of sp³-hybridized carbons (Fsp3) is 0. The molecule has 19 heavy (non-hydrogen) atoms. The highest BCUT2D eigenvalue weighted by atomic mass is 16.6. The Kier molecular flexibility index (Phi) is 3.70. The number of rotatable bonds is 3. The first-order chi connectivity index (χ1) is 9.20. The summed E-state index contributed by atoms with van der Waals surface area (Å²) in [7, 11) is 0. The van der Waals surface area contributed by atoms with Crippen LogP contribution in [0.3, 0.4) is 0 Å². The van der Waals surface area contributed by atoms with Crippen molar-refractivity contribution in [3.8, 4) is 6.07 Å². The van der Waals surface area contributed by atoms with Crippen molar-refractivity contribution in [2.45, 2.75) is 0 Å². The number of hydrogen-bond donors (Lipinski definition) is 0. The first-order valence-electron chi connectivity index (χ1n) is 5.62. The van der Waals surface area contributed by atoms with E-state index in [2.05, 4.69) is 0 Å². The number of non-ortho nitro benzene ring substituents is 1. The zero-order chi connectivity index (χ0) is 13.7. The van der Waals surface area contributed by atoms with Crippen molar-refractivity contribution in [2.75, 3.05) is 0 Å². The summed E-state index contributed by atoms with van der Waals surface area (Å²) in [6.45, 7) is 0. The van der Waals surface area contributed by atoms with Crippen LogP contribution in [0, 0.1) is 21.4 Å². The van der Waals surface area contributed by atoms with Gasteiger partial charge < -0.3 is 0 Å². The van der Waals surface area contributed by atoms with E-state index in [4.69, 9.17) is 5.26 Å². The van der Waals surface area contributed by atoms with E-state index in [-0.39, 0.29) is 5.69 Å². The van der Waals surface area contributed by atoms with Gasteiger partial charge in [0.1, 0.15) is 6.07 Å². The summed E-state index contributed by atoms with van der Waals surface area (Å²) in [4.78, 5) is 10.1. The van der Waals surface area contributed by atoms with Gasteiger partial charge in [0, 0.05) is 12.1 Å². The molecule has 0 saturated carbocycles. The van der Waals surface area contributed by atoms with E-state index in [1.165, 1.54) is 12.1 Å². The van der Waals surface area contributed by atoms with Crippen LogP contribution in [-0.4, -0.2) is 4.92 Å². The first kappa shape index (κ1) is 12.5. The highest BCUT2D eigenvalue weighted by molar-refractivity contribution is 5.73. The van der Waals surface area contributed by atoms with Gasteiger partial charge in [-0.25, -0.2) is 0 Å². The van der Waals surface area contributed by atoms with Crippen LogP contribution < -0.4 is 0 Å². The third-order valence-corrected chi connectivity index (χ3v) is 2.62. The number of nitrogens with zero attached hydrogens (tertiary/aromatic N) is 2. The van der Waals surface area contributed by atoms with Crippen LogP contribution in [0.2, 0.25) is 0 Å². The van der Waals surface area contributed by atoms with Crippen molar-refractivity contribution in [3.05, 3.63) is 75.3 Å². The molecule has 0 saturated heterocycles. The summed E-state index contributed by atoms with van der Waals surface area (Å²) in [5.41, 5.74) is 1.89. The van der Waals surface area contributed by atoms with Crippen molar-refractivity contribution < 1.29 is 4.92 Å². The van der Waals surface area contributed by atoms with Crippen LogP contribution in [0.15, 0.2) is 48.5 Å². The molecule has 0 aromatic heterocycles. The minimum atomic E-state index is -0.508. The highest BCUT2D eigenvalue weighted by Crippen LogP contribution is 2.19. The maximum atomic E-state index is 10.6. The van der Waals surface area contributed by atoms with Crippen LogP contribution >= 0.6 is 0 Å². The minimum Gasteiger partial charge on any atom is -0.258 e. The zero-order valence-corrected chi connectivity index (χ0v) is 9.98. The molecule has 0 amide bonds. The van der Waals surface area contributed by atoms with Crippen LogP contribution in [0.5, 0.6) is 0 Å². The lowest BCUT2D eigenvalue weighted by molar-refractivity contribution is -0.384. The van der Waals surface area contributed by atoms with Gasteiger partial charge in [0.15, 0.2) is 0 Å². The van der Waals surface area contributed by atoms with Crippen LogP contribution in [0.25, 0.3) is 12.2 Å². The molecule has 0 aliphatic carbocycles. The molecule has 4 nitrogen and oxygen atoms in total. The lowest BCUT2D eigenvalue weighted by atomic mass is 10.1. The van der Waals surface area contributed by atoms with E-state index in [0.29, 0.717) is 11.1 Å². The normalized spacial score (nSPS) is 10.3. The highest BCUT2D eigenvalue weighted by Gasteiger charge is 2.08. The maximum Gasteiger partial charge on any atom is 0.270 e. The number of benzene rings is 2. The standard InChI is InChI=1S/C15H10N2O2/c16-11-14-10-15(17(18)19)9-8-13(14)7-6-12-4-2-1-3-5-12/h1-10H. The molecule has 0 fully saturated rings. The largest absolute Gasteiger partial charge is 0.270 e. The van der Waals surface area contributed by atoms with Gasteiger partial charge >= 0.3 is 0 Å². The van der Waals surface area contributed by atoms with Gasteiger partial charge in [0.25, 0.3) is 5.69 Å². The molecule has 0 unspecified atom stereocenters. The van der Waals surface area contributed by atoms with Gasteiger partial charge in [-0.1, -0.05) is 42.5 Å². The smallest absolute Gasteiger partial charge is 0.258 e. The van der Waals surface area contributed by atoms with Gasteiger partial charge in [-0.2, -0.15) is 5.26 Å². The zero-order valence-electron chi connectivity index (χ0n) is 9.98. The summed E-state index contributed by atoms with van der Waals surface area (Å²) in [5.74, 6) is 0. The Labute approximate surface area is 110 Å². The lowest BCUT2D eigenvalue weighted by Crippen LogP contribution is -1.90. The first-order valence-corrected chi connectivity index (χ1v) is 5.62. The molecule has 92 valence electrons. The van der Waals surface area contributed by atoms with E-state index in [1.54, 1.807) is 12.1 Å². The summed E-state index contributed by atoms with van der Waals surface area (Å²) in [6.07, 6.45) is 3.64. The maximum absolute atomic E-state index is 10.6. The summed E-state index contributed by atoms with van der Waals surface area (Å²) < 4.78 is 0. The molecule has 0 spiro atoms. The van der Waals surface area contributed by atoms with E-state index in [9.17, 15) is 10.1 Å². The molecule has 0 aliphatic rings. The number of hydrogen-bond acceptors (Lipinski definition) is 3. The average Bonchev–Trinajstić information content (AvgIpc) is 2.45. The second kappa shape index (κ2) is 5.61. The van der Waals surface area contributed by atoms with Crippen LogP contribution in [-0.2, 0) is 0 Å². The fourth-order valence-corrected chi connectivity index (χ4v) is 1.65. The van der Waals surface area contributed by atoms with Gasteiger partial charge in [-0.15, -0.1) is 0 Å². The molecular weight excluding hydrogens is 240 g/mol. The Balaban J connectivity index is 2.34.